The fraction of sp³-hybridized carbons (Fsp3) is 0.444. The minimum Gasteiger partial charge on any atom is -0.390 e. The molecule has 1 aliphatic rings. The molecule has 0 radical (unpaired) electrons. The van der Waals surface area contributed by atoms with E-state index in [2.05, 4.69) is 10.6 Å². The summed E-state index contributed by atoms with van der Waals surface area (Å²) in [6, 6.07) is 7.31. The summed E-state index contributed by atoms with van der Waals surface area (Å²) in [4.78, 5) is 25.4. The highest BCUT2D eigenvalue weighted by atomic mass is 35.5. The number of nitrogens with one attached hydrogen (secondary N) is 2. The molecular weight excluding hydrogens is 356 g/mol. The van der Waals surface area contributed by atoms with Gasteiger partial charge in [0.25, 0.3) is 5.56 Å². The van der Waals surface area contributed by atoms with Crippen molar-refractivity contribution in [3.05, 3.63) is 55.7 Å². The second kappa shape index (κ2) is 7.17. The van der Waals surface area contributed by atoms with Crippen LogP contribution in [0.5, 0.6) is 0 Å². The fourth-order valence-corrected chi connectivity index (χ4v) is 3.05. The molecule has 3 N–H and O–H groups in total. The van der Waals surface area contributed by atoms with Gasteiger partial charge in [-0.2, -0.15) is 0 Å². The third-order valence-electron chi connectivity index (χ3n) is 4.80. The van der Waals surface area contributed by atoms with Crippen LogP contribution in [0, 0.1) is 0 Å². The second-order valence-corrected chi connectivity index (χ2v) is 7.16. The van der Waals surface area contributed by atoms with E-state index in [1.807, 2.05) is 12.1 Å². The predicted molar refractivity (Wildman–Crippen MR) is 103 cm³/mol. The Balaban J connectivity index is 1.91. The van der Waals surface area contributed by atoms with Gasteiger partial charge < -0.3 is 15.7 Å². The van der Waals surface area contributed by atoms with E-state index >= 15 is 0 Å². The van der Waals surface area contributed by atoms with E-state index in [4.69, 9.17) is 11.6 Å². The number of aromatic nitrogens is 2. The van der Waals surface area contributed by atoms with Gasteiger partial charge in [-0.05, 0) is 37.0 Å². The molecule has 1 aromatic heterocycles. The van der Waals surface area contributed by atoms with Gasteiger partial charge >= 0.3 is 5.69 Å². The SMILES string of the molecule is CNc1c(NCc2ccc(Cl)cc2)c(=O)n(CCC2(O)CC2)c(=O)n1C. The summed E-state index contributed by atoms with van der Waals surface area (Å²) < 4.78 is 2.59. The molecule has 2 aromatic rings. The number of rotatable bonds is 7. The van der Waals surface area contributed by atoms with Crippen LogP contribution in [0.4, 0.5) is 11.5 Å². The molecule has 1 saturated carbocycles. The lowest BCUT2D eigenvalue weighted by Crippen LogP contribution is -2.42. The van der Waals surface area contributed by atoms with E-state index < -0.39 is 16.9 Å². The van der Waals surface area contributed by atoms with Gasteiger partial charge in [0.05, 0.1) is 5.60 Å². The van der Waals surface area contributed by atoms with Crippen molar-refractivity contribution < 1.29 is 5.11 Å². The van der Waals surface area contributed by atoms with Crippen LogP contribution in [0.3, 0.4) is 0 Å². The van der Waals surface area contributed by atoms with Crippen LogP contribution in [-0.2, 0) is 20.1 Å². The van der Waals surface area contributed by atoms with Crippen molar-refractivity contribution in [2.75, 3.05) is 17.7 Å². The molecule has 0 atom stereocenters. The number of hydrogen-bond donors (Lipinski definition) is 3. The van der Waals surface area contributed by atoms with Crippen LogP contribution in [-0.4, -0.2) is 26.9 Å². The van der Waals surface area contributed by atoms with Crippen molar-refractivity contribution in [1.82, 2.24) is 9.13 Å². The molecular formula is C18H23ClN4O3. The number of aliphatic hydroxyl groups is 1. The molecule has 1 heterocycles. The van der Waals surface area contributed by atoms with Crippen LogP contribution in [0.25, 0.3) is 0 Å². The summed E-state index contributed by atoms with van der Waals surface area (Å²) in [5.41, 5.74) is -0.226. The zero-order chi connectivity index (χ0) is 18.9. The van der Waals surface area contributed by atoms with Crippen LogP contribution in [0.1, 0.15) is 24.8 Å². The lowest BCUT2D eigenvalue weighted by atomic mass is 10.2. The maximum atomic E-state index is 12.9. The van der Waals surface area contributed by atoms with Crippen LogP contribution >= 0.6 is 11.6 Å². The molecule has 0 aliphatic heterocycles. The molecule has 7 nitrogen and oxygen atoms in total. The van der Waals surface area contributed by atoms with Gasteiger partial charge in [0.1, 0.15) is 11.5 Å². The highest BCUT2D eigenvalue weighted by Gasteiger charge is 2.39. The topological polar surface area (TPSA) is 88.3 Å². The third-order valence-corrected chi connectivity index (χ3v) is 5.05. The Hall–Kier alpha value is -2.25. The van der Waals surface area contributed by atoms with Crippen molar-refractivity contribution >= 4 is 23.1 Å². The molecule has 3 rings (SSSR count). The van der Waals surface area contributed by atoms with Crippen LogP contribution in [0.15, 0.2) is 33.9 Å². The normalized spacial score (nSPS) is 14.9. The first-order valence-electron chi connectivity index (χ1n) is 8.57. The maximum absolute atomic E-state index is 12.9. The van der Waals surface area contributed by atoms with Gasteiger partial charge in [-0.3, -0.25) is 13.9 Å². The quantitative estimate of drug-likeness (QED) is 0.683. The van der Waals surface area contributed by atoms with Crippen molar-refractivity contribution in [1.29, 1.82) is 0 Å². The summed E-state index contributed by atoms with van der Waals surface area (Å²) in [5, 5.41) is 16.7. The average Bonchev–Trinajstić information content (AvgIpc) is 3.36. The summed E-state index contributed by atoms with van der Waals surface area (Å²) >= 11 is 5.90. The van der Waals surface area contributed by atoms with Crippen LogP contribution in [0.2, 0.25) is 5.02 Å². The van der Waals surface area contributed by atoms with Gasteiger partial charge in [0.2, 0.25) is 0 Å². The van der Waals surface area contributed by atoms with E-state index in [1.54, 1.807) is 26.2 Å². The molecule has 1 aromatic carbocycles. The number of halogens is 1. The summed E-state index contributed by atoms with van der Waals surface area (Å²) in [6.45, 7) is 0.616. The summed E-state index contributed by atoms with van der Waals surface area (Å²) in [7, 11) is 3.28. The smallest absolute Gasteiger partial charge is 0.332 e. The fourth-order valence-electron chi connectivity index (χ4n) is 2.92. The van der Waals surface area contributed by atoms with Crippen molar-refractivity contribution in [3.63, 3.8) is 0 Å². The Labute approximate surface area is 156 Å². The molecule has 140 valence electrons. The van der Waals surface area contributed by atoms with Gasteiger partial charge in [-0.25, -0.2) is 4.79 Å². The Kier molecular flexibility index (Phi) is 5.11. The van der Waals surface area contributed by atoms with Crippen molar-refractivity contribution in [3.8, 4) is 0 Å². The van der Waals surface area contributed by atoms with Crippen LogP contribution < -0.4 is 21.9 Å². The standard InChI is InChI=1S/C18H23ClN4O3/c1-20-15-14(21-11-12-3-5-13(19)6-4-12)16(24)23(17(25)22(15)2)10-9-18(26)7-8-18/h3-6,20-21,26H,7-11H2,1-2H3. The minimum atomic E-state index is -0.719. The third kappa shape index (κ3) is 3.78. The van der Waals surface area contributed by atoms with Gasteiger partial charge in [-0.15, -0.1) is 0 Å². The first-order valence-corrected chi connectivity index (χ1v) is 8.95. The Morgan fingerprint density at radius 2 is 1.88 bits per heavy atom. The van der Waals surface area contributed by atoms with Crippen molar-refractivity contribution in [2.24, 2.45) is 7.05 Å². The lowest BCUT2D eigenvalue weighted by Gasteiger charge is -2.18. The molecule has 0 unspecified atom stereocenters. The lowest BCUT2D eigenvalue weighted by molar-refractivity contribution is 0.133. The number of benzene rings is 1. The van der Waals surface area contributed by atoms with Gasteiger partial charge in [-0.1, -0.05) is 23.7 Å². The summed E-state index contributed by atoms with van der Waals surface area (Å²) in [6.07, 6.45) is 1.84. The monoisotopic (exact) mass is 378 g/mol. The molecule has 0 amide bonds. The molecule has 0 bridgehead atoms. The highest BCUT2D eigenvalue weighted by Crippen LogP contribution is 2.38. The van der Waals surface area contributed by atoms with E-state index in [0.717, 1.165) is 18.4 Å². The zero-order valence-corrected chi connectivity index (χ0v) is 15.6. The van der Waals surface area contributed by atoms with E-state index in [1.165, 1.54) is 9.13 Å². The molecule has 8 heteroatoms. The maximum Gasteiger partial charge on any atom is 0.332 e. The van der Waals surface area contributed by atoms with Crippen molar-refractivity contribution in [2.45, 2.75) is 38.0 Å². The molecule has 1 fully saturated rings. The Bertz CT molecular complexity index is 914. The summed E-state index contributed by atoms with van der Waals surface area (Å²) in [5.74, 6) is 0.426. The average molecular weight is 379 g/mol. The second-order valence-electron chi connectivity index (χ2n) is 6.73. The van der Waals surface area contributed by atoms with E-state index in [-0.39, 0.29) is 6.54 Å². The largest absolute Gasteiger partial charge is 0.390 e. The number of nitrogens with zero attached hydrogens (tertiary/aromatic N) is 2. The Morgan fingerprint density at radius 1 is 1.23 bits per heavy atom. The van der Waals surface area contributed by atoms with Gasteiger partial charge in [0, 0.05) is 32.2 Å². The first-order chi connectivity index (χ1) is 12.3. The first kappa shape index (κ1) is 18.5. The molecule has 0 saturated heterocycles. The highest BCUT2D eigenvalue weighted by molar-refractivity contribution is 6.30. The molecule has 0 spiro atoms. The zero-order valence-electron chi connectivity index (χ0n) is 14.9. The van der Waals surface area contributed by atoms with E-state index in [9.17, 15) is 14.7 Å². The van der Waals surface area contributed by atoms with Gasteiger partial charge in [0.15, 0.2) is 0 Å². The Morgan fingerprint density at radius 3 is 2.46 bits per heavy atom. The number of anilines is 2. The van der Waals surface area contributed by atoms with E-state index in [0.29, 0.717) is 29.5 Å². The number of hydrogen-bond acceptors (Lipinski definition) is 5. The molecule has 26 heavy (non-hydrogen) atoms. The predicted octanol–water partition coefficient (Wildman–Crippen LogP) is 1.77. The minimum absolute atomic E-state index is 0.196. The molecule has 1 aliphatic carbocycles.